The monoisotopic (exact) mass is 275 g/mol. The molecule has 2 atom stereocenters. The molecule has 1 aromatic heterocycles. The number of halogens is 1. The third kappa shape index (κ3) is 2.68. The van der Waals surface area contributed by atoms with Gasteiger partial charge in [-0.3, -0.25) is 4.79 Å². The van der Waals surface area contributed by atoms with Crippen LogP contribution in [-0.4, -0.2) is 16.0 Å². The normalized spacial score (nSPS) is 20.7. The minimum Gasteiger partial charge on any atom is -0.348 e. The van der Waals surface area contributed by atoms with Crippen molar-refractivity contribution in [2.45, 2.75) is 19.9 Å². The van der Waals surface area contributed by atoms with Crippen molar-refractivity contribution in [1.29, 1.82) is 0 Å². The lowest BCUT2D eigenvalue weighted by Crippen LogP contribution is -2.25. The van der Waals surface area contributed by atoms with Gasteiger partial charge in [-0.1, -0.05) is 12.1 Å². The van der Waals surface area contributed by atoms with Crippen LogP contribution in [-0.2, 0) is 11.3 Å². The Kier molecular flexibility index (Phi) is 3.22. The molecule has 3 rings (SSSR count). The molecule has 2 unspecified atom stereocenters. The van der Waals surface area contributed by atoms with Crippen LogP contribution in [0.15, 0.2) is 28.8 Å². The topological polar surface area (TPSA) is 68.0 Å². The Bertz CT molecular complexity index is 624. The molecule has 1 fully saturated rings. The molecule has 5 nitrogen and oxygen atoms in total. The van der Waals surface area contributed by atoms with Gasteiger partial charge in [0.15, 0.2) is 5.82 Å². The number of nitrogens with one attached hydrogen (secondary N) is 1. The summed E-state index contributed by atoms with van der Waals surface area (Å²) in [5.41, 5.74) is 0.646. The van der Waals surface area contributed by atoms with Crippen LogP contribution in [0.5, 0.6) is 0 Å². The third-order valence-corrected chi connectivity index (χ3v) is 3.43. The van der Waals surface area contributed by atoms with E-state index in [9.17, 15) is 9.18 Å². The van der Waals surface area contributed by atoms with Gasteiger partial charge in [0.2, 0.25) is 5.91 Å². The van der Waals surface area contributed by atoms with Crippen LogP contribution in [0, 0.1) is 17.7 Å². The van der Waals surface area contributed by atoms with Gasteiger partial charge in [-0.05, 0) is 36.6 Å². The second-order valence-electron chi connectivity index (χ2n) is 5.06. The van der Waals surface area contributed by atoms with Crippen LogP contribution in [0.2, 0.25) is 0 Å². The van der Waals surface area contributed by atoms with Crippen LogP contribution < -0.4 is 5.32 Å². The van der Waals surface area contributed by atoms with E-state index in [0.717, 1.165) is 6.42 Å². The average molecular weight is 275 g/mol. The van der Waals surface area contributed by atoms with E-state index in [-0.39, 0.29) is 24.2 Å². The first-order valence-electron chi connectivity index (χ1n) is 6.49. The van der Waals surface area contributed by atoms with Gasteiger partial charge >= 0.3 is 0 Å². The molecule has 0 aliphatic heterocycles. The van der Waals surface area contributed by atoms with Crippen molar-refractivity contribution in [2.24, 2.45) is 11.8 Å². The molecular weight excluding hydrogens is 261 g/mol. The van der Waals surface area contributed by atoms with Crippen LogP contribution >= 0.6 is 0 Å². The first kappa shape index (κ1) is 12.8. The minimum atomic E-state index is -0.320. The van der Waals surface area contributed by atoms with Gasteiger partial charge in [0.25, 0.3) is 5.89 Å². The van der Waals surface area contributed by atoms with E-state index in [1.54, 1.807) is 12.1 Å². The number of benzene rings is 1. The Hall–Kier alpha value is -2.24. The van der Waals surface area contributed by atoms with Crippen molar-refractivity contribution in [3.63, 3.8) is 0 Å². The summed E-state index contributed by atoms with van der Waals surface area (Å²) in [5.74, 6) is 1.03. The van der Waals surface area contributed by atoms with E-state index in [1.165, 1.54) is 12.1 Å². The molecule has 1 aliphatic carbocycles. The van der Waals surface area contributed by atoms with Crippen LogP contribution in [0.1, 0.15) is 19.2 Å². The summed E-state index contributed by atoms with van der Waals surface area (Å²) in [6.07, 6.45) is 0.943. The molecule has 0 radical (unpaired) electrons. The first-order chi connectivity index (χ1) is 9.63. The SMILES string of the molecule is CC1CC1C(=O)NCc1noc(-c2ccc(F)cc2)n1. The summed E-state index contributed by atoms with van der Waals surface area (Å²) in [6, 6.07) is 5.79. The summed E-state index contributed by atoms with van der Waals surface area (Å²) in [6.45, 7) is 2.29. The summed E-state index contributed by atoms with van der Waals surface area (Å²) >= 11 is 0. The summed E-state index contributed by atoms with van der Waals surface area (Å²) in [7, 11) is 0. The van der Waals surface area contributed by atoms with E-state index < -0.39 is 0 Å². The predicted molar refractivity (Wildman–Crippen MR) is 68.8 cm³/mol. The third-order valence-electron chi connectivity index (χ3n) is 3.43. The van der Waals surface area contributed by atoms with E-state index in [2.05, 4.69) is 15.5 Å². The van der Waals surface area contributed by atoms with Crippen molar-refractivity contribution in [2.75, 3.05) is 0 Å². The van der Waals surface area contributed by atoms with Crippen molar-refractivity contribution in [3.8, 4) is 11.5 Å². The molecule has 6 heteroatoms. The smallest absolute Gasteiger partial charge is 0.257 e. The maximum atomic E-state index is 12.8. The second kappa shape index (κ2) is 5.03. The molecule has 104 valence electrons. The van der Waals surface area contributed by atoms with E-state index >= 15 is 0 Å². The standard InChI is InChI=1S/C14H14FN3O2/c1-8-6-11(8)13(19)16-7-12-17-14(20-18-12)9-2-4-10(15)5-3-9/h2-5,8,11H,6-7H2,1H3,(H,16,19). The molecule has 1 heterocycles. The molecule has 1 amide bonds. The number of hydrogen-bond acceptors (Lipinski definition) is 4. The lowest BCUT2D eigenvalue weighted by molar-refractivity contribution is -0.122. The fourth-order valence-electron chi connectivity index (χ4n) is 2.02. The number of hydrogen-bond donors (Lipinski definition) is 1. The molecule has 0 spiro atoms. The largest absolute Gasteiger partial charge is 0.348 e. The molecule has 0 bridgehead atoms. The molecule has 0 saturated heterocycles. The number of carbonyl (C=O) groups is 1. The van der Waals surface area contributed by atoms with Crippen molar-refractivity contribution in [1.82, 2.24) is 15.5 Å². The summed E-state index contributed by atoms with van der Waals surface area (Å²) in [4.78, 5) is 15.8. The lowest BCUT2D eigenvalue weighted by atomic mass is 10.2. The zero-order chi connectivity index (χ0) is 14.1. The molecule has 1 N–H and O–H groups in total. The molecule has 1 saturated carbocycles. The number of nitrogens with zero attached hydrogens (tertiary/aromatic N) is 2. The van der Waals surface area contributed by atoms with Crippen molar-refractivity contribution in [3.05, 3.63) is 35.9 Å². The fraction of sp³-hybridized carbons (Fsp3) is 0.357. The zero-order valence-electron chi connectivity index (χ0n) is 11.0. The van der Waals surface area contributed by atoms with Gasteiger partial charge in [-0.15, -0.1) is 0 Å². The van der Waals surface area contributed by atoms with Gasteiger partial charge in [0.1, 0.15) is 5.82 Å². The van der Waals surface area contributed by atoms with Gasteiger partial charge < -0.3 is 9.84 Å². The highest BCUT2D eigenvalue weighted by molar-refractivity contribution is 5.81. The number of aromatic nitrogens is 2. The molecule has 20 heavy (non-hydrogen) atoms. The van der Waals surface area contributed by atoms with Gasteiger partial charge in [-0.25, -0.2) is 4.39 Å². The van der Waals surface area contributed by atoms with Gasteiger partial charge in [-0.2, -0.15) is 4.98 Å². The van der Waals surface area contributed by atoms with Crippen LogP contribution in [0.25, 0.3) is 11.5 Å². The van der Waals surface area contributed by atoms with Crippen molar-refractivity contribution >= 4 is 5.91 Å². The first-order valence-corrected chi connectivity index (χ1v) is 6.49. The number of rotatable bonds is 4. The maximum Gasteiger partial charge on any atom is 0.257 e. The summed E-state index contributed by atoms with van der Waals surface area (Å²) in [5, 5.41) is 6.57. The van der Waals surface area contributed by atoms with Crippen LogP contribution in [0.4, 0.5) is 4.39 Å². The second-order valence-corrected chi connectivity index (χ2v) is 5.06. The quantitative estimate of drug-likeness (QED) is 0.928. The highest BCUT2D eigenvalue weighted by Crippen LogP contribution is 2.37. The Morgan fingerprint density at radius 1 is 1.45 bits per heavy atom. The highest BCUT2D eigenvalue weighted by Gasteiger charge is 2.38. The van der Waals surface area contributed by atoms with E-state index in [1.807, 2.05) is 6.92 Å². The Labute approximate surface area is 115 Å². The average Bonchev–Trinajstić information content (AvgIpc) is 3.00. The highest BCUT2D eigenvalue weighted by atomic mass is 19.1. The zero-order valence-corrected chi connectivity index (χ0v) is 11.0. The molecule has 1 aliphatic rings. The Morgan fingerprint density at radius 2 is 2.15 bits per heavy atom. The minimum absolute atomic E-state index is 0.0330. The molecule has 2 aromatic rings. The molecular formula is C14H14FN3O2. The maximum absolute atomic E-state index is 12.8. The lowest BCUT2D eigenvalue weighted by Gasteiger charge is -1.99. The fourth-order valence-corrected chi connectivity index (χ4v) is 2.02. The predicted octanol–water partition coefficient (Wildman–Crippen LogP) is 2.15. The Morgan fingerprint density at radius 3 is 2.80 bits per heavy atom. The Balaban J connectivity index is 1.62. The van der Waals surface area contributed by atoms with Gasteiger partial charge in [0, 0.05) is 11.5 Å². The van der Waals surface area contributed by atoms with Crippen molar-refractivity contribution < 1.29 is 13.7 Å². The molecule has 1 aromatic carbocycles. The number of carbonyl (C=O) groups excluding carboxylic acids is 1. The summed E-state index contributed by atoms with van der Waals surface area (Å²) < 4.78 is 17.9. The van der Waals surface area contributed by atoms with Crippen LogP contribution in [0.3, 0.4) is 0 Å². The van der Waals surface area contributed by atoms with E-state index in [4.69, 9.17) is 4.52 Å². The van der Waals surface area contributed by atoms with E-state index in [0.29, 0.717) is 23.2 Å². The van der Waals surface area contributed by atoms with Gasteiger partial charge in [0.05, 0.1) is 6.54 Å². The number of amides is 1.